The molecule has 0 saturated heterocycles. The molecule has 1 aromatic heterocycles. The Bertz CT molecular complexity index is 901. The van der Waals surface area contributed by atoms with Crippen LogP contribution >= 0.6 is 11.6 Å². The fourth-order valence-electron chi connectivity index (χ4n) is 2.94. The summed E-state index contributed by atoms with van der Waals surface area (Å²) in [6.07, 6.45) is 4.15. The largest absolute Gasteiger partial charge is 0.489 e. The number of carbonyl (C=O) groups excluding carboxylic acids is 1. The third-order valence-electron chi connectivity index (χ3n) is 4.33. The molecule has 0 spiro atoms. The van der Waals surface area contributed by atoms with Crippen LogP contribution in [0.3, 0.4) is 0 Å². The van der Waals surface area contributed by atoms with Crippen LogP contribution in [0.15, 0.2) is 23.1 Å². The van der Waals surface area contributed by atoms with E-state index >= 15 is 0 Å². The predicted octanol–water partition coefficient (Wildman–Crippen LogP) is 3.97. The fraction of sp³-hybridized carbons (Fsp3) is 0.500. The van der Waals surface area contributed by atoms with Crippen molar-refractivity contribution in [1.29, 1.82) is 0 Å². The van der Waals surface area contributed by atoms with Crippen LogP contribution in [0, 0.1) is 0 Å². The lowest BCUT2D eigenvalue weighted by atomic mass is 10.1. The molecule has 1 aromatic carbocycles. The SMILES string of the molecule is COCCCOC(=O)c1cn(C2CC2)c2cc(OC(C)C)c(Cl)cc2c1=O. The highest BCUT2D eigenvalue weighted by Crippen LogP contribution is 2.39. The number of fused-ring (bicyclic) bond motifs is 1. The van der Waals surface area contributed by atoms with Gasteiger partial charge in [-0.05, 0) is 32.8 Å². The molecular formula is C20H24ClNO5. The minimum absolute atomic E-state index is 0.0282. The number of hydrogen-bond acceptors (Lipinski definition) is 5. The van der Waals surface area contributed by atoms with Crippen molar-refractivity contribution in [3.05, 3.63) is 39.1 Å². The van der Waals surface area contributed by atoms with E-state index in [9.17, 15) is 9.59 Å². The van der Waals surface area contributed by atoms with Crippen LogP contribution in [0.25, 0.3) is 10.9 Å². The van der Waals surface area contributed by atoms with E-state index in [1.807, 2.05) is 18.4 Å². The van der Waals surface area contributed by atoms with Crippen molar-refractivity contribution < 1.29 is 19.0 Å². The number of halogens is 1. The summed E-state index contributed by atoms with van der Waals surface area (Å²) in [6, 6.07) is 3.63. The zero-order valence-electron chi connectivity index (χ0n) is 15.8. The number of esters is 1. The molecule has 1 saturated carbocycles. The van der Waals surface area contributed by atoms with Crippen LogP contribution in [0.4, 0.5) is 0 Å². The van der Waals surface area contributed by atoms with Crippen LogP contribution < -0.4 is 10.2 Å². The van der Waals surface area contributed by atoms with Crippen molar-refractivity contribution in [3.8, 4) is 5.75 Å². The molecular weight excluding hydrogens is 370 g/mol. The van der Waals surface area contributed by atoms with Gasteiger partial charge in [0.05, 0.1) is 23.3 Å². The number of carbonyl (C=O) groups is 1. The second-order valence-corrected chi connectivity index (χ2v) is 7.37. The fourth-order valence-corrected chi connectivity index (χ4v) is 3.15. The lowest BCUT2D eigenvalue weighted by Crippen LogP contribution is -2.21. The van der Waals surface area contributed by atoms with Crippen LogP contribution in [-0.2, 0) is 9.47 Å². The Morgan fingerprint density at radius 3 is 2.67 bits per heavy atom. The van der Waals surface area contributed by atoms with Gasteiger partial charge < -0.3 is 18.8 Å². The first-order valence-electron chi connectivity index (χ1n) is 9.13. The number of benzene rings is 1. The van der Waals surface area contributed by atoms with Crippen molar-refractivity contribution in [2.24, 2.45) is 0 Å². The first-order chi connectivity index (χ1) is 12.9. The van der Waals surface area contributed by atoms with E-state index in [2.05, 4.69) is 0 Å². The maximum absolute atomic E-state index is 12.9. The summed E-state index contributed by atoms with van der Waals surface area (Å²) >= 11 is 6.31. The van der Waals surface area contributed by atoms with Gasteiger partial charge in [0.25, 0.3) is 0 Å². The molecule has 2 aromatic rings. The van der Waals surface area contributed by atoms with Gasteiger partial charge in [0.2, 0.25) is 5.43 Å². The summed E-state index contributed by atoms with van der Waals surface area (Å²) in [5, 5.41) is 0.746. The van der Waals surface area contributed by atoms with Gasteiger partial charge in [-0.2, -0.15) is 0 Å². The van der Waals surface area contributed by atoms with Gasteiger partial charge in [-0.1, -0.05) is 11.6 Å². The molecule has 1 heterocycles. The highest BCUT2D eigenvalue weighted by Gasteiger charge is 2.28. The molecule has 1 aliphatic rings. The molecule has 0 aliphatic heterocycles. The average molecular weight is 394 g/mol. The van der Waals surface area contributed by atoms with E-state index in [1.54, 1.807) is 25.4 Å². The van der Waals surface area contributed by atoms with Crippen molar-refractivity contribution in [1.82, 2.24) is 4.57 Å². The quantitative estimate of drug-likeness (QED) is 0.501. The Morgan fingerprint density at radius 2 is 2.04 bits per heavy atom. The molecule has 3 rings (SSSR count). The van der Waals surface area contributed by atoms with Crippen LogP contribution in [0.2, 0.25) is 5.02 Å². The van der Waals surface area contributed by atoms with E-state index in [-0.39, 0.29) is 29.7 Å². The first-order valence-corrected chi connectivity index (χ1v) is 9.51. The molecule has 0 radical (unpaired) electrons. The molecule has 146 valence electrons. The molecule has 7 heteroatoms. The Balaban J connectivity index is 2.03. The molecule has 0 unspecified atom stereocenters. The number of hydrogen-bond donors (Lipinski definition) is 0. The number of nitrogens with zero attached hydrogens (tertiary/aromatic N) is 1. The normalized spacial score (nSPS) is 14.0. The predicted molar refractivity (Wildman–Crippen MR) is 104 cm³/mol. The number of pyridine rings is 1. The summed E-state index contributed by atoms with van der Waals surface area (Å²) in [5.41, 5.74) is 0.371. The number of rotatable bonds is 8. The smallest absolute Gasteiger partial charge is 0.343 e. The van der Waals surface area contributed by atoms with E-state index in [1.165, 1.54) is 0 Å². The summed E-state index contributed by atoms with van der Waals surface area (Å²) in [4.78, 5) is 25.3. The van der Waals surface area contributed by atoms with Gasteiger partial charge in [-0.15, -0.1) is 0 Å². The van der Waals surface area contributed by atoms with E-state index in [0.29, 0.717) is 29.2 Å². The lowest BCUT2D eigenvalue weighted by molar-refractivity contribution is 0.0466. The van der Waals surface area contributed by atoms with Crippen molar-refractivity contribution in [2.45, 2.75) is 45.3 Å². The van der Waals surface area contributed by atoms with Gasteiger partial charge in [-0.3, -0.25) is 4.79 Å². The molecule has 0 bridgehead atoms. The maximum atomic E-state index is 12.9. The molecule has 27 heavy (non-hydrogen) atoms. The van der Waals surface area contributed by atoms with Crippen molar-refractivity contribution in [3.63, 3.8) is 0 Å². The first kappa shape index (κ1) is 19.7. The molecule has 0 N–H and O–H groups in total. The highest BCUT2D eigenvalue weighted by atomic mass is 35.5. The van der Waals surface area contributed by atoms with Crippen LogP contribution in [0.1, 0.15) is 49.5 Å². The summed E-state index contributed by atoms with van der Waals surface area (Å²) in [6.45, 7) is 4.52. The summed E-state index contributed by atoms with van der Waals surface area (Å²) < 4.78 is 17.9. The lowest BCUT2D eigenvalue weighted by Gasteiger charge is -2.16. The number of ether oxygens (including phenoxy) is 3. The van der Waals surface area contributed by atoms with Gasteiger partial charge >= 0.3 is 5.97 Å². The monoisotopic (exact) mass is 393 g/mol. The summed E-state index contributed by atoms with van der Waals surface area (Å²) in [7, 11) is 1.58. The third-order valence-corrected chi connectivity index (χ3v) is 4.63. The van der Waals surface area contributed by atoms with Gasteiger partial charge in [0.1, 0.15) is 11.3 Å². The van der Waals surface area contributed by atoms with Crippen LogP contribution in [0.5, 0.6) is 5.75 Å². The van der Waals surface area contributed by atoms with Gasteiger partial charge in [0.15, 0.2) is 0 Å². The van der Waals surface area contributed by atoms with Crippen molar-refractivity contribution in [2.75, 3.05) is 20.3 Å². The third kappa shape index (κ3) is 4.45. The Morgan fingerprint density at radius 1 is 1.30 bits per heavy atom. The van der Waals surface area contributed by atoms with Gasteiger partial charge in [-0.25, -0.2) is 4.79 Å². The zero-order valence-corrected chi connectivity index (χ0v) is 16.5. The minimum atomic E-state index is -0.619. The van der Waals surface area contributed by atoms with E-state index in [0.717, 1.165) is 18.4 Å². The Kier molecular flexibility index (Phi) is 6.07. The Hall–Kier alpha value is -2.05. The second-order valence-electron chi connectivity index (χ2n) is 6.96. The van der Waals surface area contributed by atoms with Crippen molar-refractivity contribution >= 4 is 28.5 Å². The molecule has 1 aliphatic carbocycles. The maximum Gasteiger partial charge on any atom is 0.343 e. The topological polar surface area (TPSA) is 66.8 Å². The summed E-state index contributed by atoms with van der Waals surface area (Å²) in [5.74, 6) is -0.0890. The number of methoxy groups -OCH3 is 1. The van der Waals surface area contributed by atoms with E-state index in [4.69, 9.17) is 25.8 Å². The molecule has 6 nitrogen and oxygen atoms in total. The Labute approximate surface area is 163 Å². The van der Waals surface area contributed by atoms with Crippen LogP contribution in [-0.4, -0.2) is 37.0 Å². The standard InChI is InChI=1S/C20H24ClNO5/c1-12(2)27-18-10-17-14(9-16(18)21)19(23)15(11-22(17)13-5-6-13)20(24)26-8-4-7-25-3/h9-13H,4-8H2,1-3H3. The molecule has 1 fully saturated rings. The average Bonchev–Trinajstić information content (AvgIpc) is 3.45. The highest BCUT2D eigenvalue weighted by molar-refractivity contribution is 6.32. The molecule has 0 amide bonds. The minimum Gasteiger partial charge on any atom is -0.489 e. The second kappa shape index (κ2) is 8.31. The zero-order chi connectivity index (χ0) is 19.6. The number of aromatic nitrogens is 1. The van der Waals surface area contributed by atoms with E-state index < -0.39 is 5.97 Å². The molecule has 0 atom stereocenters. The van der Waals surface area contributed by atoms with Gasteiger partial charge in [0, 0.05) is 43.8 Å².